The molecule has 0 bridgehead atoms. The molecular weight excluding hydrogens is 252 g/mol. The number of urea groups is 1. The third kappa shape index (κ3) is 3.01. The summed E-state index contributed by atoms with van der Waals surface area (Å²) in [7, 11) is 0. The Bertz CT molecular complexity index is 481. The van der Waals surface area contributed by atoms with Gasteiger partial charge in [-0.2, -0.15) is 4.98 Å². The molecule has 1 aliphatic carbocycles. The van der Waals surface area contributed by atoms with Gasteiger partial charge in [0.05, 0.1) is 12.0 Å². The molecule has 2 rings (SSSR count). The predicted molar refractivity (Wildman–Crippen MR) is 63.2 cm³/mol. The number of hydrogen-bond donors (Lipinski definition) is 3. The Morgan fingerprint density at radius 3 is 2.63 bits per heavy atom. The number of nitrogens with one attached hydrogen (secondary N) is 2. The number of carbonyl (C=O) groups is 2. The Hall–Kier alpha value is -2.12. The van der Waals surface area contributed by atoms with Crippen LogP contribution in [0.3, 0.4) is 0 Å². The average molecular weight is 268 g/mol. The summed E-state index contributed by atoms with van der Waals surface area (Å²) in [5, 5.41) is 17.8. The second-order valence-corrected chi connectivity index (χ2v) is 4.71. The summed E-state index contributed by atoms with van der Waals surface area (Å²) in [6.45, 7) is 1.93. The minimum atomic E-state index is -0.855. The maximum atomic E-state index is 11.5. The second kappa shape index (κ2) is 5.25. The monoisotopic (exact) mass is 268 g/mol. The number of nitrogens with zero attached hydrogens (tertiary/aromatic N) is 2. The molecule has 0 spiro atoms. The number of hydrogen-bond acceptors (Lipinski definition) is 5. The number of amides is 2. The van der Waals surface area contributed by atoms with Crippen LogP contribution >= 0.6 is 0 Å². The van der Waals surface area contributed by atoms with E-state index in [0.717, 1.165) is 6.42 Å². The van der Waals surface area contributed by atoms with Crippen LogP contribution in [0.4, 0.5) is 4.79 Å². The molecule has 1 aliphatic rings. The lowest BCUT2D eigenvalue weighted by Crippen LogP contribution is -2.49. The molecule has 0 atom stereocenters. The molecule has 0 aromatic carbocycles. The molecule has 1 saturated carbocycles. The highest BCUT2D eigenvalue weighted by Gasteiger charge is 2.44. The van der Waals surface area contributed by atoms with E-state index in [-0.39, 0.29) is 13.1 Å². The number of carbonyl (C=O) groups excluding carboxylic acids is 1. The van der Waals surface area contributed by atoms with Crippen molar-refractivity contribution < 1.29 is 19.2 Å². The lowest BCUT2D eigenvalue weighted by molar-refractivity contribution is -0.153. The highest BCUT2D eigenvalue weighted by Crippen LogP contribution is 2.40. The van der Waals surface area contributed by atoms with Crippen molar-refractivity contribution in [3.63, 3.8) is 0 Å². The van der Waals surface area contributed by atoms with E-state index in [9.17, 15) is 9.59 Å². The van der Waals surface area contributed by atoms with Gasteiger partial charge < -0.3 is 20.3 Å². The van der Waals surface area contributed by atoms with Crippen LogP contribution in [0, 0.1) is 12.3 Å². The van der Waals surface area contributed by atoms with E-state index in [1.807, 2.05) is 0 Å². The molecule has 2 amide bonds. The van der Waals surface area contributed by atoms with E-state index in [1.165, 1.54) is 0 Å². The van der Waals surface area contributed by atoms with Gasteiger partial charge in [-0.15, -0.1) is 0 Å². The molecule has 1 fully saturated rings. The standard InChI is InChI=1S/C11H16N4O4/c1-7-14-8(19-15-7)5-12-10(18)13-6-11(9(16)17)3-2-4-11/h2-6H2,1H3,(H,16,17)(H2,12,13,18). The smallest absolute Gasteiger partial charge is 0.315 e. The first-order chi connectivity index (χ1) is 9.02. The summed E-state index contributed by atoms with van der Waals surface area (Å²) in [5.74, 6) is -0.0488. The van der Waals surface area contributed by atoms with Gasteiger partial charge in [-0.05, 0) is 19.8 Å². The van der Waals surface area contributed by atoms with E-state index in [2.05, 4.69) is 20.8 Å². The van der Waals surface area contributed by atoms with Crippen LogP contribution in [-0.4, -0.2) is 33.8 Å². The van der Waals surface area contributed by atoms with E-state index in [1.54, 1.807) is 6.92 Å². The van der Waals surface area contributed by atoms with Gasteiger partial charge in [-0.25, -0.2) is 4.79 Å². The molecule has 3 N–H and O–H groups in total. The summed E-state index contributed by atoms with van der Waals surface area (Å²) >= 11 is 0. The van der Waals surface area contributed by atoms with Gasteiger partial charge in [0.2, 0.25) is 5.89 Å². The summed E-state index contributed by atoms with van der Waals surface area (Å²) in [6.07, 6.45) is 2.09. The molecule has 104 valence electrons. The molecule has 1 aromatic heterocycles. The Morgan fingerprint density at radius 1 is 1.42 bits per heavy atom. The van der Waals surface area contributed by atoms with Crippen LogP contribution in [-0.2, 0) is 11.3 Å². The van der Waals surface area contributed by atoms with Crippen molar-refractivity contribution >= 4 is 12.0 Å². The lowest BCUT2D eigenvalue weighted by Gasteiger charge is -2.37. The number of carboxylic acids is 1. The molecular formula is C11H16N4O4. The van der Waals surface area contributed by atoms with Gasteiger partial charge >= 0.3 is 12.0 Å². The minimum absolute atomic E-state index is 0.118. The maximum absolute atomic E-state index is 11.5. The number of aliphatic carboxylic acids is 1. The van der Waals surface area contributed by atoms with Gasteiger partial charge in [0, 0.05) is 6.54 Å². The van der Waals surface area contributed by atoms with Gasteiger partial charge in [0.25, 0.3) is 0 Å². The first-order valence-electron chi connectivity index (χ1n) is 6.06. The average Bonchev–Trinajstić information content (AvgIpc) is 2.70. The van der Waals surface area contributed by atoms with Crippen molar-refractivity contribution in [2.24, 2.45) is 5.41 Å². The fourth-order valence-electron chi connectivity index (χ4n) is 1.95. The molecule has 8 heteroatoms. The van der Waals surface area contributed by atoms with E-state index in [4.69, 9.17) is 9.63 Å². The number of rotatable bonds is 5. The molecule has 1 aromatic rings. The lowest BCUT2D eigenvalue weighted by atomic mass is 9.69. The molecule has 8 nitrogen and oxygen atoms in total. The first kappa shape index (κ1) is 13.3. The maximum Gasteiger partial charge on any atom is 0.315 e. The van der Waals surface area contributed by atoms with E-state index < -0.39 is 17.4 Å². The van der Waals surface area contributed by atoms with Gasteiger partial charge in [0.15, 0.2) is 5.82 Å². The number of carboxylic acid groups (broad SMARTS) is 1. The quantitative estimate of drug-likeness (QED) is 0.713. The summed E-state index contributed by atoms with van der Waals surface area (Å²) in [5.41, 5.74) is -0.793. The SMILES string of the molecule is Cc1noc(CNC(=O)NCC2(C(=O)O)CCC2)n1. The van der Waals surface area contributed by atoms with Crippen LogP contribution in [0.1, 0.15) is 31.0 Å². The molecule has 0 unspecified atom stereocenters. The van der Waals surface area contributed by atoms with Crippen molar-refractivity contribution in [2.75, 3.05) is 6.54 Å². The Kier molecular flexibility index (Phi) is 3.68. The van der Waals surface area contributed by atoms with Crippen LogP contribution in [0.5, 0.6) is 0 Å². The Labute approximate surface area is 109 Å². The van der Waals surface area contributed by atoms with Crippen molar-refractivity contribution in [3.05, 3.63) is 11.7 Å². The van der Waals surface area contributed by atoms with Crippen molar-refractivity contribution in [3.8, 4) is 0 Å². The molecule has 19 heavy (non-hydrogen) atoms. The molecule has 1 heterocycles. The zero-order valence-corrected chi connectivity index (χ0v) is 10.6. The highest BCUT2D eigenvalue weighted by molar-refractivity contribution is 5.78. The summed E-state index contributed by atoms with van der Waals surface area (Å²) in [6, 6.07) is -0.441. The van der Waals surface area contributed by atoms with Crippen LogP contribution in [0.15, 0.2) is 4.52 Å². The summed E-state index contributed by atoms with van der Waals surface area (Å²) < 4.78 is 4.83. The van der Waals surface area contributed by atoms with Gasteiger partial charge in [-0.1, -0.05) is 11.6 Å². The minimum Gasteiger partial charge on any atom is -0.481 e. The molecule has 0 aliphatic heterocycles. The second-order valence-electron chi connectivity index (χ2n) is 4.71. The molecule has 0 radical (unpaired) electrons. The topological polar surface area (TPSA) is 117 Å². The fourth-order valence-corrected chi connectivity index (χ4v) is 1.95. The summed E-state index contributed by atoms with van der Waals surface area (Å²) in [4.78, 5) is 26.6. The fraction of sp³-hybridized carbons (Fsp3) is 0.636. The zero-order valence-electron chi connectivity index (χ0n) is 10.6. The Morgan fingerprint density at radius 2 is 2.16 bits per heavy atom. The van der Waals surface area contributed by atoms with Crippen LogP contribution < -0.4 is 10.6 Å². The first-order valence-corrected chi connectivity index (χ1v) is 6.06. The predicted octanol–water partition coefficient (Wildman–Crippen LogP) is 0.432. The third-order valence-electron chi connectivity index (χ3n) is 3.32. The number of aryl methyl sites for hydroxylation is 1. The van der Waals surface area contributed by atoms with E-state index in [0.29, 0.717) is 24.6 Å². The van der Waals surface area contributed by atoms with Gasteiger partial charge in [0.1, 0.15) is 0 Å². The van der Waals surface area contributed by atoms with Gasteiger partial charge in [-0.3, -0.25) is 4.79 Å². The zero-order chi connectivity index (χ0) is 13.9. The largest absolute Gasteiger partial charge is 0.481 e. The van der Waals surface area contributed by atoms with Crippen LogP contribution in [0.2, 0.25) is 0 Å². The van der Waals surface area contributed by atoms with Crippen molar-refractivity contribution in [1.82, 2.24) is 20.8 Å². The number of aromatic nitrogens is 2. The van der Waals surface area contributed by atoms with Crippen molar-refractivity contribution in [2.45, 2.75) is 32.7 Å². The highest BCUT2D eigenvalue weighted by atomic mass is 16.5. The normalized spacial score (nSPS) is 16.5. The van der Waals surface area contributed by atoms with E-state index >= 15 is 0 Å². The van der Waals surface area contributed by atoms with Crippen molar-refractivity contribution in [1.29, 1.82) is 0 Å². The van der Waals surface area contributed by atoms with Crippen LogP contribution in [0.25, 0.3) is 0 Å². The third-order valence-corrected chi connectivity index (χ3v) is 3.32. The Balaban J connectivity index is 1.74. The molecule has 0 saturated heterocycles.